The van der Waals surface area contributed by atoms with Gasteiger partial charge in [-0.05, 0) is 112 Å². The molecular weight excluding hydrogens is 908 g/mol. The molecule has 310 valence electrons. The lowest BCUT2D eigenvalue weighted by Crippen LogP contribution is -1.98. The fourth-order valence-electron chi connectivity index (χ4n) is 5.59. The summed E-state index contributed by atoms with van der Waals surface area (Å²) in [5.74, 6) is 2.59. The van der Waals surface area contributed by atoms with Crippen molar-refractivity contribution in [2.45, 2.75) is 0 Å². The monoisotopic (exact) mass is 947 g/mol. The second kappa shape index (κ2) is 23.9. The van der Waals surface area contributed by atoms with E-state index in [1.807, 2.05) is 127 Å². The maximum Gasteiger partial charge on any atom is 0.339 e. The molecule has 0 radical (unpaired) electrons. The van der Waals surface area contributed by atoms with Crippen LogP contribution in [0.5, 0.6) is 17.2 Å². The summed E-state index contributed by atoms with van der Waals surface area (Å²) >= 11 is 17.0. The Balaban J connectivity index is 0.000000177. The number of aromatic nitrogens is 2. The summed E-state index contributed by atoms with van der Waals surface area (Å²) in [5.41, 5.74) is 13.9. The molecule has 0 aliphatic heterocycles. The van der Waals surface area contributed by atoms with E-state index in [0.717, 1.165) is 68.2 Å². The van der Waals surface area contributed by atoms with E-state index in [2.05, 4.69) is 77.8 Å². The molecule has 0 fully saturated rings. The number of nitrogens with two attached hydrogens (primary N) is 1. The van der Waals surface area contributed by atoms with Crippen molar-refractivity contribution in [2.75, 3.05) is 32.4 Å². The van der Waals surface area contributed by atoms with Gasteiger partial charge in [0.25, 0.3) is 0 Å². The van der Waals surface area contributed by atoms with Crippen molar-refractivity contribution in [1.82, 2.24) is 9.97 Å². The van der Waals surface area contributed by atoms with Gasteiger partial charge in [-0.15, -0.1) is 0 Å². The first-order valence-electron chi connectivity index (χ1n) is 18.0. The van der Waals surface area contributed by atoms with Gasteiger partial charge in [-0.2, -0.15) is 0 Å². The van der Waals surface area contributed by atoms with E-state index in [9.17, 15) is 14.2 Å². The van der Waals surface area contributed by atoms with Crippen LogP contribution in [0.25, 0.3) is 44.3 Å². The average Bonchev–Trinajstić information content (AvgIpc) is 3.88. The van der Waals surface area contributed by atoms with Crippen molar-refractivity contribution >= 4 is 94.4 Å². The second-order valence-corrected chi connectivity index (χ2v) is 19.6. The third kappa shape index (κ3) is 15.0. The van der Waals surface area contributed by atoms with Crippen LogP contribution in [0.3, 0.4) is 0 Å². The van der Waals surface area contributed by atoms with Gasteiger partial charge in [0, 0.05) is 44.3 Å². The van der Waals surface area contributed by atoms with Gasteiger partial charge in [0.1, 0.15) is 17.2 Å². The van der Waals surface area contributed by atoms with Crippen LogP contribution in [-0.4, -0.2) is 48.7 Å². The summed E-state index contributed by atoms with van der Waals surface area (Å²) in [6.45, 7) is 0. The Morgan fingerprint density at radius 2 is 1.13 bits per heavy atom. The van der Waals surface area contributed by atoms with Crippen LogP contribution in [0.15, 0.2) is 158 Å². The van der Waals surface area contributed by atoms with E-state index in [0.29, 0.717) is 10.9 Å². The summed E-state index contributed by atoms with van der Waals surface area (Å²) in [4.78, 5) is 29.1. The van der Waals surface area contributed by atoms with Crippen LogP contribution >= 0.6 is 54.9 Å². The number of nitrogen functional groups attached to an aromatic ring is 1. The fraction of sp³-hybridized carbons (Fsp3) is 0.0870. The lowest BCUT2D eigenvalue weighted by Gasteiger charge is -1.99. The number of benzene rings is 6. The molecule has 0 spiro atoms. The van der Waals surface area contributed by atoms with E-state index in [1.54, 1.807) is 33.5 Å². The number of hydrogen-bond acceptors (Lipinski definition) is 7. The minimum atomic E-state index is -3.22. The number of hydrogen-bond donors (Lipinski definition) is 3. The molecular formula is C46H42BrCl3N3O6P. The summed E-state index contributed by atoms with van der Waals surface area (Å²) in [7, 11) is 4.93. The highest BCUT2D eigenvalue weighted by molar-refractivity contribution is 9.09. The zero-order chi connectivity index (χ0) is 43.5. The molecule has 2 heterocycles. The number of carbonyl (C=O) groups is 2. The normalized spacial score (nSPS) is 10.2. The number of fused-ring (bicyclic) bond motifs is 2. The molecule has 8 rings (SSSR count). The third-order valence-electron chi connectivity index (χ3n) is 8.47. The zero-order valence-corrected chi connectivity index (χ0v) is 37.5. The van der Waals surface area contributed by atoms with Crippen LogP contribution in [0, 0.1) is 0 Å². The number of ether oxygens (including phenoxy) is 3. The van der Waals surface area contributed by atoms with Crippen molar-refractivity contribution in [3.05, 3.63) is 169 Å². The van der Waals surface area contributed by atoms with E-state index in [-0.39, 0.29) is 5.78 Å². The highest BCUT2D eigenvalue weighted by atomic mass is 79.9. The number of H-pyrrole nitrogens is 2. The lowest BCUT2D eigenvalue weighted by atomic mass is 10.1. The molecule has 6 aromatic carbocycles. The molecule has 0 saturated heterocycles. The van der Waals surface area contributed by atoms with Crippen LogP contribution in [-0.2, 0) is 4.57 Å². The second-order valence-electron chi connectivity index (χ2n) is 12.4. The Hall–Kier alpha value is -5.48. The number of aromatic amines is 2. The summed E-state index contributed by atoms with van der Waals surface area (Å²) < 4.78 is 24.9. The van der Waals surface area contributed by atoms with Gasteiger partial charge >= 0.3 is 5.20 Å². The number of nitrogens with one attached hydrogen (secondary N) is 2. The topological polar surface area (TPSA) is 136 Å². The molecule has 9 nitrogen and oxygen atoms in total. The number of alkyl halides is 1. The van der Waals surface area contributed by atoms with Crippen LogP contribution in [0.1, 0.15) is 20.7 Å². The van der Waals surface area contributed by atoms with E-state index < -0.39 is 5.20 Å². The van der Waals surface area contributed by atoms with Gasteiger partial charge in [0.05, 0.1) is 32.4 Å². The molecule has 0 amide bonds. The van der Waals surface area contributed by atoms with Crippen molar-refractivity contribution in [3.8, 4) is 39.8 Å². The minimum Gasteiger partial charge on any atom is -0.497 e. The largest absolute Gasteiger partial charge is 0.497 e. The lowest BCUT2D eigenvalue weighted by molar-refractivity contribution is 0.102. The minimum absolute atomic E-state index is 0.126. The van der Waals surface area contributed by atoms with Gasteiger partial charge in [-0.25, -0.2) is 0 Å². The van der Waals surface area contributed by atoms with Crippen LogP contribution in [0.2, 0.25) is 0 Å². The Kier molecular flexibility index (Phi) is 18.8. The number of anilines is 1. The molecule has 0 bridgehead atoms. The first kappa shape index (κ1) is 47.2. The highest BCUT2D eigenvalue weighted by Gasteiger charge is 2.13. The first-order chi connectivity index (χ1) is 28.9. The summed E-state index contributed by atoms with van der Waals surface area (Å²) in [6, 6.07) is 50.5. The number of halogens is 4. The number of methoxy groups -OCH3 is 3. The SMILES string of the molecule is COc1ccc(N)cc1.COc1ccc2[nH]c(-c3ccccc3)c(C=O)c2c1.COc1ccc2[nH]c(-c3ccccc3)cc2c1.O=C(CBr)c1ccccc1.O=P(Cl)(Cl)Cl. The van der Waals surface area contributed by atoms with E-state index >= 15 is 0 Å². The van der Waals surface area contributed by atoms with E-state index in [1.165, 1.54) is 10.9 Å². The Labute approximate surface area is 371 Å². The van der Waals surface area contributed by atoms with Crippen molar-refractivity contribution in [3.63, 3.8) is 0 Å². The molecule has 8 aromatic rings. The van der Waals surface area contributed by atoms with Gasteiger partial charge < -0.3 is 29.9 Å². The summed E-state index contributed by atoms with van der Waals surface area (Å²) in [6.07, 6.45) is 0.889. The van der Waals surface area contributed by atoms with Gasteiger partial charge in [0.2, 0.25) is 0 Å². The standard InChI is InChI=1S/C16H13NO2.C15H13NO.C8H7BrO.C7H9NO.Cl3OP/c1-19-12-7-8-15-13(9-12)14(10-18)16(17-15)11-5-3-2-4-6-11;1-17-13-7-8-14-12(9-13)10-15(16-14)11-5-3-2-4-6-11;9-6-8(10)7-4-2-1-3-5-7;1-9-7-4-2-6(8)3-5-7;1-5(2,3)4/h2-10,17H,1H3;2-10,16H,1H3;1-5H,6H2;2-5H,8H2,1H3;. The number of rotatable bonds is 8. The van der Waals surface area contributed by atoms with Crippen LogP contribution < -0.4 is 19.9 Å². The number of carbonyl (C=O) groups excluding carboxylic acids is 2. The average molecular weight is 950 g/mol. The number of ketones is 1. The molecule has 0 aliphatic carbocycles. The van der Waals surface area contributed by atoms with Crippen molar-refractivity contribution < 1.29 is 28.4 Å². The zero-order valence-electron chi connectivity index (χ0n) is 32.8. The highest BCUT2D eigenvalue weighted by Crippen LogP contribution is 2.61. The molecule has 0 unspecified atom stereocenters. The Bertz CT molecular complexity index is 2600. The van der Waals surface area contributed by atoms with Gasteiger partial charge in [0.15, 0.2) is 12.1 Å². The van der Waals surface area contributed by atoms with Gasteiger partial charge in [-0.3, -0.25) is 14.2 Å². The molecule has 0 atom stereocenters. The van der Waals surface area contributed by atoms with Crippen LogP contribution in [0.4, 0.5) is 5.69 Å². The predicted molar refractivity (Wildman–Crippen MR) is 253 cm³/mol. The number of Topliss-reactive ketones (excluding diaryl/α,β-unsaturated/α-hetero) is 1. The van der Waals surface area contributed by atoms with E-state index in [4.69, 9.17) is 19.9 Å². The maximum atomic E-state index is 11.4. The summed E-state index contributed by atoms with van der Waals surface area (Å²) in [5, 5.41) is -0.770. The van der Waals surface area contributed by atoms with Crippen molar-refractivity contribution in [1.29, 1.82) is 0 Å². The van der Waals surface area contributed by atoms with Crippen molar-refractivity contribution in [2.24, 2.45) is 0 Å². The molecule has 60 heavy (non-hydrogen) atoms. The molecule has 14 heteroatoms. The maximum absolute atomic E-state index is 11.4. The first-order valence-corrected chi connectivity index (χ1v) is 23.6. The third-order valence-corrected chi connectivity index (χ3v) is 8.98. The number of aldehydes is 1. The molecule has 2 aromatic heterocycles. The predicted octanol–water partition coefficient (Wildman–Crippen LogP) is 13.9. The Morgan fingerprint density at radius 1 is 0.650 bits per heavy atom. The molecule has 0 aliphatic rings. The smallest absolute Gasteiger partial charge is 0.339 e. The quantitative estimate of drug-likeness (QED) is 0.0453. The fourth-order valence-corrected chi connectivity index (χ4v) is 5.91. The van der Waals surface area contributed by atoms with Gasteiger partial charge in [-0.1, -0.05) is 107 Å². The molecule has 4 N–H and O–H groups in total. The Morgan fingerprint density at radius 3 is 1.65 bits per heavy atom. The molecule has 0 saturated carbocycles.